The maximum absolute atomic E-state index is 5.29. The van der Waals surface area contributed by atoms with Gasteiger partial charge in [-0.15, -0.1) is 17.8 Å². The molecular weight excluding hydrogens is 180 g/mol. The number of hydrogen-bond acceptors (Lipinski definition) is 3. The SMILES string of the molecule is C#Cc1nc(CNC(C)C)sc1C. The van der Waals surface area contributed by atoms with Gasteiger partial charge >= 0.3 is 0 Å². The average molecular weight is 194 g/mol. The Morgan fingerprint density at radius 2 is 2.31 bits per heavy atom. The zero-order valence-electron chi connectivity index (χ0n) is 8.22. The molecule has 0 aliphatic rings. The van der Waals surface area contributed by atoms with Crippen molar-refractivity contribution in [1.82, 2.24) is 10.3 Å². The fraction of sp³-hybridized carbons (Fsp3) is 0.500. The first-order valence-corrected chi connectivity index (χ1v) is 5.11. The zero-order valence-corrected chi connectivity index (χ0v) is 9.03. The topological polar surface area (TPSA) is 24.9 Å². The smallest absolute Gasteiger partial charge is 0.127 e. The Hall–Kier alpha value is -0.850. The Labute approximate surface area is 83.4 Å². The third-order valence-electron chi connectivity index (χ3n) is 1.64. The third kappa shape index (κ3) is 2.83. The van der Waals surface area contributed by atoms with Gasteiger partial charge in [0.15, 0.2) is 0 Å². The van der Waals surface area contributed by atoms with E-state index in [1.165, 1.54) is 0 Å². The number of rotatable bonds is 3. The third-order valence-corrected chi connectivity index (χ3v) is 2.61. The van der Waals surface area contributed by atoms with Crippen molar-refractivity contribution in [3.63, 3.8) is 0 Å². The number of nitrogens with one attached hydrogen (secondary N) is 1. The van der Waals surface area contributed by atoms with Crippen LogP contribution in [0.15, 0.2) is 0 Å². The predicted octanol–water partition coefficient (Wildman–Crippen LogP) is 1.93. The second-order valence-corrected chi connectivity index (χ2v) is 4.48. The van der Waals surface area contributed by atoms with E-state index in [0.717, 1.165) is 22.1 Å². The van der Waals surface area contributed by atoms with Crippen molar-refractivity contribution in [2.24, 2.45) is 0 Å². The van der Waals surface area contributed by atoms with Crippen LogP contribution in [0.4, 0.5) is 0 Å². The van der Waals surface area contributed by atoms with Crippen LogP contribution in [0.25, 0.3) is 0 Å². The molecule has 0 amide bonds. The lowest BCUT2D eigenvalue weighted by molar-refractivity contribution is 0.587. The molecular formula is C10H14N2S. The molecule has 1 N–H and O–H groups in total. The van der Waals surface area contributed by atoms with Gasteiger partial charge in [0.2, 0.25) is 0 Å². The zero-order chi connectivity index (χ0) is 9.84. The molecule has 1 rings (SSSR count). The van der Waals surface area contributed by atoms with Crippen LogP contribution in [0, 0.1) is 19.3 Å². The number of thiazole rings is 1. The summed E-state index contributed by atoms with van der Waals surface area (Å²) in [5.74, 6) is 2.57. The van der Waals surface area contributed by atoms with E-state index in [4.69, 9.17) is 6.42 Å². The summed E-state index contributed by atoms with van der Waals surface area (Å²) in [6, 6.07) is 0.485. The van der Waals surface area contributed by atoms with Crippen molar-refractivity contribution in [3.05, 3.63) is 15.6 Å². The van der Waals surface area contributed by atoms with E-state index in [9.17, 15) is 0 Å². The fourth-order valence-corrected chi connectivity index (χ4v) is 1.80. The minimum atomic E-state index is 0.485. The summed E-state index contributed by atoms with van der Waals surface area (Å²) in [6.07, 6.45) is 5.29. The molecule has 0 bridgehead atoms. The van der Waals surface area contributed by atoms with Gasteiger partial charge in [-0.25, -0.2) is 4.98 Å². The van der Waals surface area contributed by atoms with Gasteiger partial charge in [0, 0.05) is 17.5 Å². The van der Waals surface area contributed by atoms with Crippen molar-refractivity contribution in [3.8, 4) is 12.3 Å². The molecule has 1 heterocycles. The van der Waals surface area contributed by atoms with E-state index >= 15 is 0 Å². The first-order chi connectivity index (χ1) is 6.13. The van der Waals surface area contributed by atoms with Crippen LogP contribution >= 0.6 is 11.3 Å². The minimum absolute atomic E-state index is 0.485. The largest absolute Gasteiger partial charge is 0.308 e. The molecule has 0 aliphatic carbocycles. The summed E-state index contributed by atoms with van der Waals surface area (Å²) in [7, 11) is 0. The van der Waals surface area contributed by atoms with E-state index < -0.39 is 0 Å². The number of aromatic nitrogens is 1. The fourth-order valence-electron chi connectivity index (χ4n) is 0.952. The van der Waals surface area contributed by atoms with E-state index in [-0.39, 0.29) is 0 Å². The lowest BCUT2D eigenvalue weighted by Crippen LogP contribution is -2.21. The van der Waals surface area contributed by atoms with Gasteiger partial charge in [-0.3, -0.25) is 0 Å². The molecule has 0 spiro atoms. The molecule has 0 radical (unpaired) electrons. The molecule has 0 fully saturated rings. The first kappa shape index (κ1) is 10.2. The average Bonchev–Trinajstić information content (AvgIpc) is 2.43. The summed E-state index contributed by atoms with van der Waals surface area (Å²) < 4.78 is 0. The van der Waals surface area contributed by atoms with E-state index in [1.54, 1.807) is 11.3 Å². The van der Waals surface area contributed by atoms with Gasteiger partial charge in [-0.1, -0.05) is 13.8 Å². The number of aryl methyl sites for hydroxylation is 1. The van der Waals surface area contributed by atoms with Crippen molar-refractivity contribution >= 4 is 11.3 Å². The van der Waals surface area contributed by atoms with Crippen LogP contribution in [0.1, 0.15) is 29.4 Å². The first-order valence-electron chi connectivity index (χ1n) is 4.29. The highest BCUT2D eigenvalue weighted by molar-refractivity contribution is 7.11. The highest BCUT2D eigenvalue weighted by Gasteiger charge is 2.04. The second-order valence-electron chi connectivity index (χ2n) is 3.19. The van der Waals surface area contributed by atoms with Crippen LogP contribution in [0.3, 0.4) is 0 Å². The maximum atomic E-state index is 5.29. The molecule has 2 nitrogen and oxygen atoms in total. The lowest BCUT2D eigenvalue weighted by Gasteiger charge is -2.04. The van der Waals surface area contributed by atoms with Crippen LogP contribution in [-0.4, -0.2) is 11.0 Å². The normalized spacial score (nSPS) is 10.4. The Morgan fingerprint density at radius 1 is 1.62 bits per heavy atom. The molecule has 13 heavy (non-hydrogen) atoms. The summed E-state index contributed by atoms with van der Waals surface area (Å²) in [4.78, 5) is 5.45. The minimum Gasteiger partial charge on any atom is -0.308 e. The Kier molecular flexibility index (Phi) is 3.47. The quantitative estimate of drug-likeness (QED) is 0.744. The van der Waals surface area contributed by atoms with Crippen LogP contribution < -0.4 is 5.32 Å². The molecule has 70 valence electrons. The van der Waals surface area contributed by atoms with Crippen molar-refractivity contribution < 1.29 is 0 Å². The van der Waals surface area contributed by atoms with Gasteiger partial charge in [-0.2, -0.15) is 0 Å². The maximum Gasteiger partial charge on any atom is 0.127 e. The summed E-state index contributed by atoms with van der Waals surface area (Å²) in [5.41, 5.74) is 0.783. The molecule has 1 aromatic rings. The number of terminal acetylenes is 1. The molecule has 0 atom stereocenters. The Bertz CT molecular complexity index is 320. The predicted molar refractivity (Wildman–Crippen MR) is 56.8 cm³/mol. The van der Waals surface area contributed by atoms with Crippen molar-refractivity contribution in [2.45, 2.75) is 33.4 Å². The molecule has 0 aliphatic heterocycles. The van der Waals surface area contributed by atoms with E-state index in [2.05, 4.69) is 30.1 Å². The molecule has 0 unspecified atom stereocenters. The Balaban J connectivity index is 2.64. The Morgan fingerprint density at radius 3 is 2.77 bits per heavy atom. The van der Waals surface area contributed by atoms with E-state index in [0.29, 0.717) is 6.04 Å². The van der Waals surface area contributed by atoms with Crippen LogP contribution in [0.2, 0.25) is 0 Å². The molecule has 0 saturated carbocycles. The summed E-state index contributed by atoms with van der Waals surface area (Å²) >= 11 is 1.66. The van der Waals surface area contributed by atoms with Crippen molar-refractivity contribution in [2.75, 3.05) is 0 Å². The monoisotopic (exact) mass is 194 g/mol. The number of nitrogens with zero attached hydrogens (tertiary/aromatic N) is 1. The summed E-state index contributed by atoms with van der Waals surface area (Å²) in [5, 5.41) is 4.37. The number of hydrogen-bond donors (Lipinski definition) is 1. The van der Waals surface area contributed by atoms with Crippen molar-refractivity contribution in [1.29, 1.82) is 0 Å². The highest BCUT2D eigenvalue weighted by atomic mass is 32.1. The van der Waals surface area contributed by atoms with E-state index in [1.807, 2.05) is 6.92 Å². The van der Waals surface area contributed by atoms with Gasteiger partial charge in [-0.05, 0) is 12.8 Å². The highest BCUT2D eigenvalue weighted by Crippen LogP contribution is 2.16. The molecule has 3 heteroatoms. The van der Waals surface area contributed by atoms with Gasteiger partial charge < -0.3 is 5.32 Å². The second kappa shape index (κ2) is 4.40. The van der Waals surface area contributed by atoms with Gasteiger partial charge in [0.1, 0.15) is 10.7 Å². The van der Waals surface area contributed by atoms with Gasteiger partial charge in [0.25, 0.3) is 0 Å². The molecule has 0 aromatic carbocycles. The van der Waals surface area contributed by atoms with Crippen LogP contribution in [-0.2, 0) is 6.54 Å². The molecule has 1 aromatic heterocycles. The standard InChI is InChI=1S/C10H14N2S/c1-5-9-8(4)13-10(12-9)6-11-7(2)3/h1,7,11H,6H2,2-4H3. The lowest BCUT2D eigenvalue weighted by atomic mass is 10.4. The van der Waals surface area contributed by atoms with Gasteiger partial charge in [0.05, 0.1) is 0 Å². The van der Waals surface area contributed by atoms with Crippen LogP contribution in [0.5, 0.6) is 0 Å². The molecule has 0 saturated heterocycles. The summed E-state index contributed by atoms with van der Waals surface area (Å²) in [6.45, 7) is 7.04.